The maximum absolute atomic E-state index is 13.4. The van der Waals surface area contributed by atoms with Crippen LogP contribution in [0.4, 0.5) is 5.69 Å². The molecular formula is C21H31NO4S. The van der Waals surface area contributed by atoms with Gasteiger partial charge in [-0.15, -0.1) is 11.3 Å². The number of amides is 1. The van der Waals surface area contributed by atoms with E-state index in [-0.39, 0.29) is 28.2 Å². The first-order valence-electron chi connectivity index (χ1n) is 9.96. The number of aromatic carboxylic acids is 1. The van der Waals surface area contributed by atoms with Crippen LogP contribution in [-0.2, 0) is 10.2 Å². The Morgan fingerprint density at radius 3 is 2.22 bits per heavy atom. The van der Waals surface area contributed by atoms with Gasteiger partial charge < -0.3 is 15.1 Å². The van der Waals surface area contributed by atoms with Crippen molar-refractivity contribution < 1.29 is 19.8 Å². The highest BCUT2D eigenvalue weighted by molar-refractivity contribution is 7.14. The highest BCUT2D eigenvalue weighted by Crippen LogP contribution is 2.42. The van der Waals surface area contributed by atoms with Crippen molar-refractivity contribution in [3.05, 3.63) is 15.8 Å². The van der Waals surface area contributed by atoms with Gasteiger partial charge in [0.1, 0.15) is 4.88 Å². The maximum Gasteiger partial charge on any atom is 0.348 e. The van der Waals surface area contributed by atoms with Gasteiger partial charge in [0.2, 0.25) is 5.91 Å². The minimum absolute atomic E-state index is 0.0413. The number of hydrogen-bond donors (Lipinski definition) is 2. The van der Waals surface area contributed by atoms with E-state index in [0.29, 0.717) is 24.4 Å². The molecule has 0 bridgehead atoms. The number of thiophene rings is 1. The van der Waals surface area contributed by atoms with Crippen LogP contribution in [-0.4, -0.2) is 34.2 Å². The van der Waals surface area contributed by atoms with E-state index in [9.17, 15) is 19.8 Å². The lowest BCUT2D eigenvalue weighted by Crippen LogP contribution is -2.52. The van der Waals surface area contributed by atoms with Crippen molar-refractivity contribution in [3.8, 4) is 0 Å². The summed E-state index contributed by atoms with van der Waals surface area (Å²) < 4.78 is 0. The SMILES string of the molecule is CC(C)(C)c1cc(N(C(=O)[C@H]2CC[C@H](C)CC2)[C@H]2C[C@@H](O)C2)c(C(=O)O)s1. The second kappa shape index (κ2) is 7.55. The summed E-state index contributed by atoms with van der Waals surface area (Å²) in [6, 6.07) is 1.79. The average Bonchev–Trinajstić information content (AvgIpc) is 2.99. The second-order valence-electron chi connectivity index (χ2n) is 9.32. The molecule has 2 saturated carbocycles. The van der Waals surface area contributed by atoms with Gasteiger partial charge in [0.25, 0.3) is 0 Å². The summed E-state index contributed by atoms with van der Waals surface area (Å²) >= 11 is 1.26. The number of carbonyl (C=O) groups is 2. The number of carboxylic acids is 1. The van der Waals surface area contributed by atoms with Gasteiger partial charge in [-0.1, -0.05) is 27.7 Å². The number of anilines is 1. The fourth-order valence-corrected chi connectivity index (χ4v) is 5.10. The maximum atomic E-state index is 13.4. The summed E-state index contributed by atoms with van der Waals surface area (Å²) in [7, 11) is 0. The molecule has 5 nitrogen and oxygen atoms in total. The zero-order valence-electron chi connectivity index (χ0n) is 16.7. The van der Waals surface area contributed by atoms with Gasteiger partial charge >= 0.3 is 5.97 Å². The van der Waals surface area contributed by atoms with Crippen LogP contribution in [0.15, 0.2) is 6.07 Å². The molecule has 0 atom stereocenters. The Morgan fingerprint density at radius 2 is 1.74 bits per heavy atom. The Hall–Kier alpha value is -1.40. The van der Waals surface area contributed by atoms with Gasteiger partial charge in [-0.25, -0.2) is 4.79 Å². The van der Waals surface area contributed by atoms with Gasteiger partial charge in [0.05, 0.1) is 11.8 Å². The molecule has 0 aromatic carbocycles. The zero-order valence-corrected chi connectivity index (χ0v) is 17.5. The van der Waals surface area contributed by atoms with E-state index in [1.807, 2.05) is 6.07 Å². The lowest BCUT2D eigenvalue weighted by Gasteiger charge is -2.42. The number of aliphatic hydroxyl groups is 1. The van der Waals surface area contributed by atoms with Gasteiger partial charge in [-0.3, -0.25) is 4.79 Å². The minimum atomic E-state index is -0.986. The highest BCUT2D eigenvalue weighted by atomic mass is 32.1. The van der Waals surface area contributed by atoms with E-state index in [1.54, 1.807) is 4.90 Å². The summed E-state index contributed by atoms with van der Waals surface area (Å²) in [5, 5.41) is 19.6. The van der Waals surface area contributed by atoms with E-state index in [2.05, 4.69) is 27.7 Å². The molecule has 0 aliphatic heterocycles. The van der Waals surface area contributed by atoms with Crippen molar-refractivity contribution in [1.29, 1.82) is 0 Å². The monoisotopic (exact) mass is 393 g/mol. The Labute approximate surface area is 165 Å². The normalized spacial score (nSPS) is 28.5. The van der Waals surface area contributed by atoms with Crippen molar-refractivity contribution >= 4 is 28.9 Å². The standard InChI is InChI=1S/C21H31NO4S/c1-12-5-7-13(8-6-12)19(24)22(14-9-15(23)10-14)16-11-17(21(2,3)4)27-18(16)20(25)26/h11-15,23H,5-10H2,1-4H3,(H,25,26)/t12-,13-,14-,15+. The van der Waals surface area contributed by atoms with E-state index in [1.165, 1.54) is 11.3 Å². The van der Waals surface area contributed by atoms with Gasteiger partial charge in [-0.05, 0) is 55.9 Å². The van der Waals surface area contributed by atoms with Gasteiger partial charge in [0, 0.05) is 16.8 Å². The summed E-state index contributed by atoms with van der Waals surface area (Å²) in [6.07, 6.45) is 4.46. The zero-order chi connectivity index (χ0) is 19.9. The topological polar surface area (TPSA) is 77.8 Å². The number of carboxylic acid groups (broad SMARTS) is 1. The molecule has 0 spiro atoms. The summed E-state index contributed by atoms with van der Waals surface area (Å²) in [5.41, 5.74) is 0.347. The summed E-state index contributed by atoms with van der Waals surface area (Å²) in [5.74, 6) is -0.338. The minimum Gasteiger partial charge on any atom is -0.477 e. The molecule has 1 amide bonds. The van der Waals surface area contributed by atoms with E-state index in [4.69, 9.17) is 0 Å². The van der Waals surface area contributed by atoms with Crippen molar-refractivity contribution in [2.45, 2.75) is 83.8 Å². The molecule has 2 N–H and O–H groups in total. The molecule has 2 aliphatic rings. The highest BCUT2D eigenvalue weighted by Gasteiger charge is 2.41. The second-order valence-corrected chi connectivity index (χ2v) is 10.4. The molecule has 0 unspecified atom stereocenters. The van der Waals surface area contributed by atoms with E-state index in [0.717, 1.165) is 30.6 Å². The quantitative estimate of drug-likeness (QED) is 0.793. The predicted octanol–water partition coefficient (Wildman–Crippen LogP) is 4.43. The third kappa shape index (κ3) is 4.21. The van der Waals surface area contributed by atoms with Gasteiger partial charge in [0.15, 0.2) is 0 Å². The molecule has 2 fully saturated rings. The van der Waals surface area contributed by atoms with Crippen LogP contribution in [0.1, 0.15) is 80.8 Å². The largest absolute Gasteiger partial charge is 0.477 e. The molecule has 0 radical (unpaired) electrons. The predicted molar refractivity (Wildman–Crippen MR) is 108 cm³/mol. The van der Waals surface area contributed by atoms with Crippen LogP contribution in [0.2, 0.25) is 0 Å². The van der Waals surface area contributed by atoms with Crippen LogP contribution in [0, 0.1) is 11.8 Å². The Balaban J connectivity index is 1.97. The fourth-order valence-electron chi connectivity index (χ4n) is 4.05. The molecule has 27 heavy (non-hydrogen) atoms. The Morgan fingerprint density at radius 1 is 1.15 bits per heavy atom. The fraction of sp³-hybridized carbons (Fsp3) is 0.714. The first kappa shape index (κ1) is 20.3. The third-order valence-corrected chi connectivity index (χ3v) is 7.50. The third-order valence-electron chi connectivity index (χ3n) is 5.96. The van der Waals surface area contributed by atoms with Gasteiger partial charge in [-0.2, -0.15) is 0 Å². The Kier molecular flexibility index (Phi) is 5.69. The molecule has 2 aliphatic carbocycles. The smallest absolute Gasteiger partial charge is 0.348 e. The number of nitrogens with zero attached hydrogens (tertiary/aromatic N) is 1. The molecule has 1 aromatic rings. The van der Waals surface area contributed by atoms with Crippen molar-refractivity contribution in [3.63, 3.8) is 0 Å². The molecule has 0 saturated heterocycles. The van der Waals surface area contributed by atoms with Crippen LogP contribution in [0.25, 0.3) is 0 Å². The van der Waals surface area contributed by atoms with Crippen molar-refractivity contribution in [2.24, 2.45) is 11.8 Å². The first-order valence-corrected chi connectivity index (χ1v) is 10.8. The van der Waals surface area contributed by atoms with Crippen LogP contribution in [0.3, 0.4) is 0 Å². The molecule has 3 rings (SSSR count). The van der Waals surface area contributed by atoms with Crippen molar-refractivity contribution in [2.75, 3.05) is 4.90 Å². The number of carbonyl (C=O) groups excluding carboxylic acids is 1. The molecule has 1 aromatic heterocycles. The summed E-state index contributed by atoms with van der Waals surface area (Å²) in [6.45, 7) is 8.37. The van der Waals surface area contributed by atoms with Crippen LogP contribution >= 0.6 is 11.3 Å². The lowest BCUT2D eigenvalue weighted by atomic mass is 9.80. The molecule has 150 valence electrons. The molecular weight excluding hydrogens is 362 g/mol. The van der Waals surface area contributed by atoms with Crippen LogP contribution < -0.4 is 4.90 Å². The number of rotatable bonds is 4. The van der Waals surface area contributed by atoms with E-state index < -0.39 is 12.1 Å². The average molecular weight is 394 g/mol. The lowest BCUT2D eigenvalue weighted by molar-refractivity contribution is -0.125. The van der Waals surface area contributed by atoms with Crippen LogP contribution in [0.5, 0.6) is 0 Å². The Bertz CT molecular complexity index is 706. The molecule has 1 heterocycles. The molecule has 6 heteroatoms. The first-order chi connectivity index (χ1) is 12.6. The summed E-state index contributed by atoms with van der Waals surface area (Å²) in [4.78, 5) is 28.3. The number of hydrogen-bond acceptors (Lipinski definition) is 4. The number of aliphatic hydroxyl groups excluding tert-OH is 1. The van der Waals surface area contributed by atoms with Crippen molar-refractivity contribution in [1.82, 2.24) is 0 Å². The van der Waals surface area contributed by atoms with E-state index >= 15 is 0 Å².